The Morgan fingerprint density at radius 2 is 2.09 bits per heavy atom. The van der Waals surface area contributed by atoms with Crippen LogP contribution in [0.1, 0.15) is 24.4 Å². The molecule has 0 radical (unpaired) electrons. The summed E-state index contributed by atoms with van der Waals surface area (Å²) < 4.78 is 13.1. The molecule has 1 aromatic carbocycles. The van der Waals surface area contributed by atoms with Crippen LogP contribution in [0.3, 0.4) is 0 Å². The van der Waals surface area contributed by atoms with Gasteiger partial charge in [-0.1, -0.05) is 12.1 Å². The van der Waals surface area contributed by atoms with E-state index in [9.17, 15) is 4.39 Å². The molecule has 0 aliphatic carbocycles. The second-order valence-electron chi connectivity index (χ2n) is 6.00. The highest BCUT2D eigenvalue weighted by Gasteiger charge is 2.17. The third-order valence-corrected chi connectivity index (χ3v) is 5.48. The Bertz CT molecular complexity index is 498. The van der Waals surface area contributed by atoms with Gasteiger partial charge in [-0.25, -0.2) is 4.39 Å². The molecule has 0 bridgehead atoms. The number of nitrogens with one attached hydrogen (secondary N) is 2. The van der Waals surface area contributed by atoms with Crippen molar-refractivity contribution in [2.24, 2.45) is 4.99 Å². The smallest absolute Gasteiger partial charge is 0.191 e. The van der Waals surface area contributed by atoms with Crippen molar-refractivity contribution >= 4 is 17.7 Å². The molecule has 1 aromatic rings. The van der Waals surface area contributed by atoms with Gasteiger partial charge in [0.2, 0.25) is 0 Å². The highest BCUT2D eigenvalue weighted by molar-refractivity contribution is 8.00. The summed E-state index contributed by atoms with van der Waals surface area (Å²) >= 11 is 2.03. The van der Waals surface area contributed by atoms with Gasteiger partial charge in [0.15, 0.2) is 5.96 Å². The number of likely N-dealkylation sites (N-methyl/N-ethyl adjacent to an activating group) is 1. The van der Waals surface area contributed by atoms with Gasteiger partial charge >= 0.3 is 0 Å². The number of nitrogens with zero attached hydrogens (tertiary/aromatic N) is 2. The zero-order valence-electron chi connectivity index (χ0n) is 14.2. The van der Waals surface area contributed by atoms with E-state index in [0.29, 0.717) is 5.25 Å². The summed E-state index contributed by atoms with van der Waals surface area (Å²) in [4.78, 5) is 6.42. The number of aliphatic imine (C=N–C) groups is 1. The molecule has 2 atom stereocenters. The van der Waals surface area contributed by atoms with Crippen LogP contribution in [0.5, 0.6) is 0 Å². The van der Waals surface area contributed by atoms with E-state index in [4.69, 9.17) is 0 Å². The molecule has 1 aliphatic rings. The number of rotatable bonds is 6. The fourth-order valence-electron chi connectivity index (χ4n) is 2.71. The normalized spacial score (nSPS) is 19.9. The second kappa shape index (κ2) is 9.13. The molecular weight excluding hydrogens is 311 g/mol. The third kappa shape index (κ3) is 5.70. The molecule has 4 nitrogen and oxygen atoms in total. The van der Waals surface area contributed by atoms with E-state index in [1.165, 1.54) is 30.7 Å². The van der Waals surface area contributed by atoms with Crippen molar-refractivity contribution in [1.29, 1.82) is 0 Å². The van der Waals surface area contributed by atoms with Crippen LogP contribution in [0.4, 0.5) is 4.39 Å². The molecule has 1 aliphatic heterocycles. The van der Waals surface area contributed by atoms with Gasteiger partial charge in [-0.3, -0.25) is 4.99 Å². The van der Waals surface area contributed by atoms with E-state index in [2.05, 4.69) is 20.5 Å². The first-order valence-corrected chi connectivity index (χ1v) is 9.13. The van der Waals surface area contributed by atoms with Gasteiger partial charge in [-0.15, -0.1) is 0 Å². The highest BCUT2D eigenvalue weighted by atomic mass is 32.2. The van der Waals surface area contributed by atoms with Crippen molar-refractivity contribution in [2.75, 3.05) is 40.0 Å². The molecule has 128 valence electrons. The Morgan fingerprint density at radius 3 is 2.65 bits per heavy atom. The van der Waals surface area contributed by atoms with Crippen LogP contribution in [0.2, 0.25) is 0 Å². The van der Waals surface area contributed by atoms with E-state index >= 15 is 0 Å². The first kappa shape index (κ1) is 18.1. The van der Waals surface area contributed by atoms with Crippen LogP contribution in [0, 0.1) is 5.82 Å². The topological polar surface area (TPSA) is 39.7 Å². The molecule has 0 aromatic heterocycles. The second-order valence-corrected chi connectivity index (χ2v) is 7.41. The summed E-state index contributed by atoms with van der Waals surface area (Å²) in [6.07, 6.45) is 2.60. The predicted octanol–water partition coefficient (Wildman–Crippen LogP) is 2.49. The molecule has 2 unspecified atom stereocenters. The van der Waals surface area contributed by atoms with Crippen molar-refractivity contribution in [1.82, 2.24) is 15.5 Å². The Kier molecular flexibility index (Phi) is 7.17. The standard InChI is InChI=1S/C17H27FN4S/c1-19-17(20-11-15-5-4-10-23-15)21-12-16(22(2)3)13-6-8-14(18)9-7-13/h6-9,15-16H,4-5,10-12H2,1-3H3,(H2,19,20,21). The van der Waals surface area contributed by atoms with E-state index < -0.39 is 0 Å². The lowest BCUT2D eigenvalue weighted by Crippen LogP contribution is -2.43. The third-order valence-electron chi connectivity index (χ3n) is 4.09. The molecule has 1 heterocycles. The Morgan fingerprint density at radius 1 is 1.35 bits per heavy atom. The number of thioether (sulfide) groups is 1. The Hall–Kier alpha value is -1.27. The monoisotopic (exact) mass is 338 g/mol. The SMILES string of the molecule is CN=C(NCC1CCCS1)NCC(c1ccc(F)cc1)N(C)C. The van der Waals surface area contributed by atoms with E-state index in [-0.39, 0.29) is 11.9 Å². The minimum atomic E-state index is -0.203. The Labute approximate surface area is 142 Å². The van der Waals surface area contributed by atoms with Crippen LogP contribution in [-0.4, -0.2) is 56.1 Å². The Balaban J connectivity index is 1.87. The van der Waals surface area contributed by atoms with E-state index in [0.717, 1.165) is 24.6 Å². The zero-order valence-corrected chi connectivity index (χ0v) is 15.0. The maximum Gasteiger partial charge on any atom is 0.191 e. The van der Waals surface area contributed by atoms with Crippen molar-refractivity contribution in [3.63, 3.8) is 0 Å². The maximum atomic E-state index is 13.1. The van der Waals surface area contributed by atoms with Crippen LogP contribution in [0.25, 0.3) is 0 Å². The van der Waals surface area contributed by atoms with Gasteiger partial charge in [0.1, 0.15) is 5.82 Å². The zero-order chi connectivity index (χ0) is 16.7. The van der Waals surface area contributed by atoms with Crippen molar-refractivity contribution in [2.45, 2.75) is 24.1 Å². The quantitative estimate of drug-likeness (QED) is 0.617. The minimum Gasteiger partial charge on any atom is -0.355 e. The van der Waals surface area contributed by atoms with E-state index in [1.54, 1.807) is 7.05 Å². The molecule has 0 saturated carbocycles. The first-order valence-electron chi connectivity index (χ1n) is 8.08. The molecule has 0 amide bonds. The maximum absolute atomic E-state index is 13.1. The van der Waals surface area contributed by atoms with E-state index in [1.807, 2.05) is 38.0 Å². The minimum absolute atomic E-state index is 0.162. The number of hydrogen-bond donors (Lipinski definition) is 2. The number of guanidine groups is 1. The molecule has 2 N–H and O–H groups in total. The van der Waals surface area contributed by atoms with Crippen molar-refractivity contribution < 1.29 is 4.39 Å². The van der Waals surface area contributed by atoms with Crippen LogP contribution in [-0.2, 0) is 0 Å². The van der Waals surface area contributed by atoms with Gasteiger partial charge in [0, 0.05) is 25.4 Å². The largest absolute Gasteiger partial charge is 0.355 e. The van der Waals surface area contributed by atoms with Crippen molar-refractivity contribution in [3.8, 4) is 0 Å². The van der Waals surface area contributed by atoms with Crippen LogP contribution < -0.4 is 10.6 Å². The molecule has 23 heavy (non-hydrogen) atoms. The van der Waals surface area contributed by atoms with Crippen LogP contribution in [0.15, 0.2) is 29.3 Å². The lowest BCUT2D eigenvalue weighted by Gasteiger charge is -2.26. The van der Waals surface area contributed by atoms with Crippen LogP contribution >= 0.6 is 11.8 Å². The van der Waals surface area contributed by atoms with Gasteiger partial charge in [-0.05, 0) is 50.4 Å². The average Bonchev–Trinajstić information content (AvgIpc) is 3.05. The van der Waals surface area contributed by atoms with Gasteiger partial charge in [0.05, 0.1) is 6.04 Å². The summed E-state index contributed by atoms with van der Waals surface area (Å²) in [5, 5.41) is 7.48. The highest BCUT2D eigenvalue weighted by Crippen LogP contribution is 2.25. The first-order chi connectivity index (χ1) is 11.1. The predicted molar refractivity (Wildman–Crippen MR) is 97.7 cm³/mol. The fourth-order valence-corrected chi connectivity index (χ4v) is 3.91. The van der Waals surface area contributed by atoms with Gasteiger partial charge in [0.25, 0.3) is 0 Å². The molecule has 1 saturated heterocycles. The molecule has 2 rings (SSSR count). The summed E-state index contributed by atoms with van der Waals surface area (Å²) in [5.41, 5.74) is 1.09. The van der Waals surface area contributed by atoms with Gasteiger partial charge in [-0.2, -0.15) is 11.8 Å². The molecule has 6 heteroatoms. The lowest BCUT2D eigenvalue weighted by molar-refractivity contribution is 0.298. The fraction of sp³-hybridized carbons (Fsp3) is 0.588. The average molecular weight is 338 g/mol. The van der Waals surface area contributed by atoms with Gasteiger partial charge < -0.3 is 15.5 Å². The van der Waals surface area contributed by atoms with Crippen molar-refractivity contribution in [3.05, 3.63) is 35.6 Å². The number of benzene rings is 1. The summed E-state index contributed by atoms with van der Waals surface area (Å²) in [5.74, 6) is 1.89. The summed E-state index contributed by atoms with van der Waals surface area (Å²) in [7, 11) is 5.85. The molecule has 0 spiro atoms. The summed E-state index contributed by atoms with van der Waals surface area (Å²) in [6, 6.07) is 6.86. The lowest BCUT2D eigenvalue weighted by atomic mass is 10.1. The molecular formula is C17H27FN4S. The summed E-state index contributed by atoms with van der Waals surface area (Å²) in [6.45, 7) is 1.67. The molecule has 1 fully saturated rings. The number of hydrogen-bond acceptors (Lipinski definition) is 3. The number of halogens is 1.